The third-order valence-corrected chi connectivity index (χ3v) is 4.44. The number of thioether (sulfide) groups is 1. The quantitative estimate of drug-likeness (QED) is 0.811. The van der Waals surface area contributed by atoms with E-state index in [0.717, 1.165) is 17.9 Å². The summed E-state index contributed by atoms with van der Waals surface area (Å²) in [6, 6.07) is 9.64. The summed E-state index contributed by atoms with van der Waals surface area (Å²) in [5, 5.41) is 3.02. The fourth-order valence-corrected chi connectivity index (χ4v) is 3.05. The van der Waals surface area contributed by atoms with Gasteiger partial charge in [0.1, 0.15) is 0 Å². The highest BCUT2D eigenvalue weighted by atomic mass is 32.2. The molecule has 0 aliphatic carbocycles. The Morgan fingerprint density at radius 2 is 1.94 bits per heavy atom. The van der Waals surface area contributed by atoms with Crippen LogP contribution in [0.25, 0.3) is 0 Å². The summed E-state index contributed by atoms with van der Waals surface area (Å²) in [6.45, 7) is 4.27. The molecule has 1 aliphatic heterocycles. The van der Waals surface area contributed by atoms with E-state index < -0.39 is 0 Å². The average molecular weight is 247 g/mol. The number of benzene rings is 1. The maximum atomic E-state index is 12.1. The lowest BCUT2D eigenvalue weighted by atomic mass is 10.1. The molecule has 1 aromatic carbocycles. The Bertz CT molecular complexity index is 439. The second-order valence-corrected chi connectivity index (χ2v) is 5.61. The van der Waals surface area contributed by atoms with Crippen LogP contribution in [0.1, 0.15) is 20.3 Å². The number of para-hydroxylation sites is 1. The first kappa shape index (κ1) is 12.2. The van der Waals surface area contributed by atoms with Gasteiger partial charge in [0, 0.05) is 11.4 Å². The first-order valence-electron chi connectivity index (χ1n) is 5.79. The van der Waals surface area contributed by atoms with Crippen molar-refractivity contribution in [1.82, 2.24) is 0 Å². The number of anilines is 1. The minimum Gasteiger partial charge on any atom is -0.325 e. The van der Waals surface area contributed by atoms with Crippen LogP contribution in [0.2, 0.25) is 0 Å². The summed E-state index contributed by atoms with van der Waals surface area (Å²) >= 11 is 1.73. The van der Waals surface area contributed by atoms with Crippen LogP contribution in [0.3, 0.4) is 0 Å². The van der Waals surface area contributed by atoms with Crippen molar-refractivity contribution >= 4 is 23.4 Å². The van der Waals surface area contributed by atoms with Crippen molar-refractivity contribution in [2.45, 2.75) is 25.5 Å². The predicted molar refractivity (Wildman–Crippen MR) is 74.3 cm³/mol. The van der Waals surface area contributed by atoms with Gasteiger partial charge in [-0.3, -0.25) is 4.79 Å². The molecule has 1 aliphatic rings. The molecule has 0 spiro atoms. The number of rotatable bonds is 2. The summed E-state index contributed by atoms with van der Waals surface area (Å²) in [5.41, 5.74) is 3.65. The Labute approximate surface area is 106 Å². The van der Waals surface area contributed by atoms with E-state index in [-0.39, 0.29) is 11.2 Å². The molecule has 0 saturated carbocycles. The summed E-state index contributed by atoms with van der Waals surface area (Å²) in [7, 11) is 0. The van der Waals surface area contributed by atoms with Gasteiger partial charge in [0.2, 0.25) is 5.91 Å². The number of hydrogen-bond donors (Lipinski definition) is 1. The number of amides is 1. The highest BCUT2D eigenvalue weighted by molar-refractivity contribution is 8.00. The Morgan fingerprint density at radius 3 is 2.59 bits per heavy atom. The molecule has 0 aromatic heterocycles. The van der Waals surface area contributed by atoms with Crippen molar-refractivity contribution < 1.29 is 4.79 Å². The van der Waals surface area contributed by atoms with Crippen LogP contribution in [0, 0.1) is 0 Å². The van der Waals surface area contributed by atoms with Gasteiger partial charge in [-0.1, -0.05) is 29.3 Å². The van der Waals surface area contributed by atoms with Crippen LogP contribution in [0.5, 0.6) is 0 Å². The minimum atomic E-state index is 0.0545. The first-order chi connectivity index (χ1) is 8.16. The van der Waals surface area contributed by atoms with Crippen LogP contribution in [0.4, 0.5) is 5.69 Å². The molecule has 1 N–H and O–H groups in total. The predicted octanol–water partition coefficient (Wildman–Crippen LogP) is 3.47. The molecule has 0 fully saturated rings. The Kier molecular flexibility index (Phi) is 3.89. The Hall–Kier alpha value is -1.22. The molecule has 2 rings (SSSR count). The topological polar surface area (TPSA) is 29.1 Å². The Morgan fingerprint density at radius 1 is 1.24 bits per heavy atom. The third kappa shape index (κ3) is 3.13. The van der Waals surface area contributed by atoms with Gasteiger partial charge in [-0.2, -0.15) is 0 Å². The third-order valence-electron chi connectivity index (χ3n) is 3.05. The van der Waals surface area contributed by atoms with Crippen molar-refractivity contribution in [3.8, 4) is 0 Å². The maximum absolute atomic E-state index is 12.1. The van der Waals surface area contributed by atoms with Gasteiger partial charge in [-0.05, 0) is 32.4 Å². The molecule has 1 heterocycles. The van der Waals surface area contributed by atoms with Gasteiger partial charge in [-0.15, -0.1) is 11.8 Å². The molecular weight excluding hydrogens is 230 g/mol. The molecule has 17 heavy (non-hydrogen) atoms. The van der Waals surface area contributed by atoms with E-state index in [4.69, 9.17) is 0 Å². The van der Waals surface area contributed by atoms with Gasteiger partial charge in [0.25, 0.3) is 0 Å². The first-order valence-corrected chi connectivity index (χ1v) is 6.84. The van der Waals surface area contributed by atoms with Gasteiger partial charge in [0.05, 0.1) is 5.25 Å². The lowest BCUT2D eigenvalue weighted by molar-refractivity contribution is -0.115. The fourth-order valence-electron chi connectivity index (χ4n) is 1.77. The molecule has 1 unspecified atom stereocenters. The van der Waals surface area contributed by atoms with E-state index in [0.29, 0.717) is 0 Å². The Balaban J connectivity index is 1.98. The number of allylic oxidation sites excluding steroid dienone is 1. The van der Waals surface area contributed by atoms with Crippen molar-refractivity contribution in [1.29, 1.82) is 0 Å². The molecule has 3 heteroatoms. The number of hydrogen-bond acceptors (Lipinski definition) is 2. The van der Waals surface area contributed by atoms with E-state index in [1.165, 1.54) is 11.1 Å². The smallest absolute Gasteiger partial charge is 0.237 e. The van der Waals surface area contributed by atoms with Gasteiger partial charge < -0.3 is 5.32 Å². The van der Waals surface area contributed by atoms with E-state index in [1.54, 1.807) is 11.8 Å². The summed E-state index contributed by atoms with van der Waals surface area (Å²) in [4.78, 5) is 12.1. The lowest BCUT2D eigenvalue weighted by Gasteiger charge is -2.23. The van der Waals surface area contributed by atoms with Crippen LogP contribution < -0.4 is 5.32 Å². The van der Waals surface area contributed by atoms with Gasteiger partial charge in [-0.25, -0.2) is 0 Å². The van der Waals surface area contributed by atoms with E-state index in [2.05, 4.69) is 19.2 Å². The van der Waals surface area contributed by atoms with Crippen molar-refractivity contribution in [2.75, 3.05) is 11.1 Å². The molecule has 0 saturated heterocycles. The number of carbonyl (C=O) groups excluding carboxylic acids is 1. The zero-order chi connectivity index (χ0) is 12.3. The zero-order valence-corrected chi connectivity index (χ0v) is 11.0. The molecule has 1 amide bonds. The molecule has 90 valence electrons. The molecule has 1 aromatic rings. The van der Waals surface area contributed by atoms with Gasteiger partial charge >= 0.3 is 0 Å². The number of nitrogens with one attached hydrogen (secondary N) is 1. The number of carbonyl (C=O) groups is 1. The zero-order valence-electron chi connectivity index (χ0n) is 10.2. The van der Waals surface area contributed by atoms with E-state index in [9.17, 15) is 4.79 Å². The largest absolute Gasteiger partial charge is 0.325 e. The highest BCUT2D eigenvalue weighted by Gasteiger charge is 2.23. The van der Waals surface area contributed by atoms with Crippen LogP contribution in [0.15, 0.2) is 41.5 Å². The normalized spacial score (nSPS) is 20.2. The van der Waals surface area contributed by atoms with E-state index >= 15 is 0 Å². The summed E-state index contributed by atoms with van der Waals surface area (Å²) < 4.78 is 0. The summed E-state index contributed by atoms with van der Waals surface area (Å²) in [5.74, 6) is 1.09. The standard InChI is InChI=1S/C14H17NOS/c1-10-8-13(17-9-11(10)2)14(16)15-12-6-4-3-5-7-12/h3-7,13H,8-9H2,1-2H3,(H,15,16). The highest BCUT2D eigenvalue weighted by Crippen LogP contribution is 2.30. The fraction of sp³-hybridized carbons (Fsp3) is 0.357. The molecule has 0 radical (unpaired) electrons. The second-order valence-electron chi connectivity index (χ2n) is 4.42. The maximum Gasteiger partial charge on any atom is 0.237 e. The molecule has 2 nitrogen and oxygen atoms in total. The molecule has 0 bridgehead atoms. The van der Waals surface area contributed by atoms with Crippen molar-refractivity contribution in [2.24, 2.45) is 0 Å². The second kappa shape index (κ2) is 5.41. The van der Waals surface area contributed by atoms with Gasteiger partial charge in [0.15, 0.2) is 0 Å². The van der Waals surface area contributed by atoms with Crippen LogP contribution >= 0.6 is 11.8 Å². The van der Waals surface area contributed by atoms with E-state index in [1.807, 2.05) is 30.3 Å². The van der Waals surface area contributed by atoms with Crippen LogP contribution in [-0.4, -0.2) is 16.9 Å². The molecular formula is C14H17NOS. The molecule has 1 atom stereocenters. The van der Waals surface area contributed by atoms with Crippen LogP contribution in [-0.2, 0) is 4.79 Å². The average Bonchev–Trinajstić information content (AvgIpc) is 2.34. The minimum absolute atomic E-state index is 0.0545. The lowest BCUT2D eigenvalue weighted by Crippen LogP contribution is -2.28. The van der Waals surface area contributed by atoms with Crippen molar-refractivity contribution in [3.05, 3.63) is 41.5 Å². The monoisotopic (exact) mass is 247 g/mol. The van der Waals surface area contributed by atoms with Crippen molar-refractivity contribution in [3.63, 3.8) is 0 Å². The summed E-state index contributed by atoms with van der Waals surface area (Å²) in [6.07, 6.45) is 0.870. The SMILES string of the molecule is CC1=C(C)CC(C(=O)Nc2ccccc2)SC1.